The second-order valence-corrected chi connectivity index (χ2v) is 8.16. The Morgan fingerprint density at radius 1 is 1.21 bits per heavy atom. The van der Waals surface area contributed by atoms with E-state index in [0.717, 1.165) is 4.90 Å². The molecular weight excluding hydrogens is 362 g/mol. The molecule has 0 saturated carbocycles. The van der Waals surface area contributed by atoms with E-state index in [2.05, 4.69) is 10.3 Å². The number of nitrogens with one attached hydrogen (secondary N) is 1. The Balaban J connectivity index is 1.54. The van der Waals surface area contributed by atoms with Crippen molar-refractivity contribution in [2.45, 2.75) is 44.8 Å². The number of amides is 4. The van der Waals surface area contributed by atoms with Crippen molar-refractivity contribution in [2.75, 3.05) is 18.0 Å². The van der Waals surface area contributed by atoms with Crippen LogP contribution in [0, 0.1) is 0 Å². The number of fused-ring (bicyclic) bond motifs is 1. The van der Waals surface area contributed by atoms with E-state index in [0.29, 0.717) is 37.4 Å². The summed E-state index contributed by atoms with van der Waals surface area (Å²) in [5.41, 5.74) is -0.929. The SMILES string of the molecule is CC(C)(C)OC(=O)N1CCC2(CC1)NC(=O)N(c1cccc3nccn13)C2=O. The van der Waals surface area contributed by atoms with Crippen molar-refractivity contribution in [1.82, 2.24) is 19.6 Å². The van der Waals surface area contributed by atoms with Gasteiger partial charge in [0.15, 0.2) is 0 Å². The number of imide groups is 1. The number of piperidine rings is 1. The van der Waals surface area contributed by atoms with Crippen LogP contribution in [-0.2, 0) is 9.53 Å². The highest BCUT2D eigenvalue weighted by atomic mass is 16.6. The van der Waals surface area contributed by atoms with Crippen LogP contribution in [0.3, 0.4) is 0 Å². The number of pyridine rings is 1. The highest BCUT2D eigenvalue weighted by molar-refractivity contribution is 6.23. The van der Waals surface area contributed by atoms with Crippen LogP contribution in [0.5, 0.6) is 0 Å². The molecule has 0 atom stereocenters. The van der Waals surface area contributed by atoms with Crippen LogP contribution in [0.1, 0.15) is 33.6 Å². The Kier molecular flexibility index (Phi) is 4.06. The van der Waals surface area contributed by atoms with Crippen LogP contribution < -0.4 is 10.2 Å². The molecule has 1 spiro atoms. The summed E-state index contributed by atoms with van der Waals surface area (Å²) >= 11 is 0. The Labute approximate surface area is 162 Å². The maximum atomic E-state index is 13.2. The molecule has 2 aromatic heterocycles. The van der Waals surface area contributed by atoms with E-state index in [-0.39, 0.29) is 5.91 Å². The van der Waals surface area contributed by atoms with Gasteiger partial charge in [-0.2, -0.15) is 0 Å². The van der Waals surface area contributed by atoms with Gasteiger partial charge in [-0.1, -0.05) is 6.07 Å². The predicted octanol–water partition coefficient (Wildman–Crippen LogP) is 2.16. The van der Waals surface area contributed by atoms with Gasteiger partial charge < -0.3 is 15.0 Å². The number of anilines is 1. The minimum Gasteiger partial charge on any atom is -0.444 e. The van der Waals surface area contributed by atoms with E-state index in [1.807, 2.05) is 20.8 Å². The largest absolute Gasteiger partial charge is 0.444 e. The summed E-state index contributed by atoms with van der Waals surface area (Å²) in [7, 11) is 0. The fourth-order valence-electron chi connectivity index (χ4n) is 3.68. The molecule has 0 bridgehead atoms. The normalized spacial score (nSPS) is 19.4. The smallest absolute Gasteiger partial charge is 0.410 e. The number of urea groups is 1. The first kappa shape index (κ1) is 18.3. The van der Waals surface area contributed by atoms with Gasteiger partial charge >= 0.3 is 12.1 Å². The fourth-order valence-corrected chi connectivity index (χ4v) is 3.68. The van der Waals surface area contributed by atoms with Gasteiger partial charge in [0.25, 0.3) is 5.91 Å². The quantitative estimate of drug-likeness (QED) is 0.759. The van der Waals surface area contributed by atoms with Gasteiger partial charge in [-0.3, -0.25) is 9.20 Å². The third kappa shape index (κ3) is 2.96. The lowest BCUT2D eigenvalue weighted by atomic mass is 9.87. The summed E-state index contributed by atoms with van der Waals surface area (Å²) in [5, 5.41) is 2.86. The lowest BCUT2D eigenvalue weighted by Crippen LogP contribution is -2.56. The number of imidazole rings is 1. The standard InChI is InChI=1S/C19H23N5O4/c1-18(2,3)28-17(27)22-10-7-19(8-11-22)15(25)24(16(26)21-19)14-6-4-5-13-20-9-12-23(13)14/h4-6,9,12H,7-8,10-11H2,1-3H3,(H,21,26). The zero-order chi connectivity index (χ0) is 20.1. The van der Waals surface area contributed by atoms with Crippen LogP contribution >= 0.6 is 0 Å². The molecule has 0 aliphatic carbocycles. The highest BCUT2D eigenvalue weighted by Crippen LogP contribution is 2.33. The number of likely N-dealkylation sites (tertiary alicyclic amines) is 1. The van der Waals surface area contributed by atoms with Crippen molar-refractivity contribution < 1.29 is 19.1 Å². The monoisotopic (exact) mass is 385 g/mol. The molecule has 2 saturated heterocycles. The van der Waals surface area contributed by atoms with Gasteiger partial charge in [-0.05, 0) is 45.7 Å². The number of carbonyl (C=O) groups is 3. The van der Waals surface area contributed by atoms with Crippen molar-refractivity contribution >= 4 is 29.5 Å². The van der Waals surface area contributed by atoms with Gasteiger partial charge in [0, 0.05) is 25.5 Å². The minimum atomic E-state index is -1.00. The summed E-state index contributed by atoms with van der Waals surface area (Å²) in [6, 6.07) is 4.81. The van der Waals surface area contributed by atoms with Gasteiger partial charge in [-0.15, -0.1) is 0 Å². The number of hydrogen-bond acceptors (Lipinski definition) is 5. The molecule has 9 heteroatoms. The number of hydrogen-bond donors (Lipinski definition) is 1. The molecule has 28 heavy (non-hydrogen) atoms. The zero-order valence-corrected chi connectivity index (χ0v) is 16.1. The topological polar surface area (TPSA) is 96.2 Å². The van der Waals surface area contributed by atoms with Gasteiger partial charge in [0.1, 0.15) is 22.6 Å². The van der Waals surface area contributed by atoms with Crippen LogP contribution in [0.25, 0.3) is 5.65 Å². The molecule has 0 radical (unpaired) electrons. The first-order valence-electron chi connectivity index (χ1n) is 9.27. The van der Waals surface area contributed by atoms with E-state index in [9.17, 15) is 14.4 Å². The van der Waals surface area contributed by atoms with E-state index in [4.69, 9.17) is 4.74 Å². The molecule has 1 N–H and O–H groups in total. The van der Waals surface area contributed by atoms with Crippen molar-refractivity contribution in [3.8, 4) is 0 Å². The average molecular weight is 385 g/mol. The molecule has 4 rings (SSSR count). The number of carbonyl (C=O) groups excluding carboxylic acids is 3. The maximum Gasteiger partial charge on any atom is 0.410 e. The van der Waals surface area contributed by atoms with Crippen molar-refractivity contribution in [3.05, 3.63) is 30.6 Å². The summed E-state index contributed by atoms with van der Waals surface area (Å²) in [6.07, 6.45) is 3.60. The van der Waals surface area contributed by atoms with Crippen molar-refractivity contribution in [3.63, 3.8) is 0 Å². The first-order valence-corrected chi connectivity index (χ1v) is 9.27. The Hall–Kier alpha value is -3.10. The lowest BCUT2D eigenvalue weighted by Gasteiger charge is -2.37. The van der Waals surface area contributed by atoms with Gasteiger partial charge in [-0.25, -0.2) is 19.5 Å². The zero-order valence-electron chi connectivity index (χ0n) is 16.1. The Bertz CT molecular complexity index is 953. The fraction of sp³-hybridized carbons (Fsp3) is 0.474. The van der Waals surface area contributed by atoms with Crippen LogP contribution in [0.4, 0.5) is 15.4 Å². The molecule has 2 fully saturated rings. The third-order valence-electron chi connectivity index (χ3n) is 5.07. The molecule has 2 aromatic rings. The number of nitrogens with zero attached hydrogens (tertiary/aromatic N) is 4. The van der Waals surface area contributed by atoms with E-state index in [1.54, 1.807) is 39.9 Å². The molecule has 2 aliphatic heterocycles. The second kappa shape index (κ2) is 6.22. The first-order chi connectivity index (χ1) is 13.2. The molecule has 148 valence electrons. The lowest BCUT2D eigenvalue weighted by molar-refractivity contribution is -0.123. The van der Waals surface area contributed by atoms with E-state index >= 15 is 0 Å². The maximum absolute atomic E-state index is 13.2. The molecule has 0 aromatic carbocycles. The average Bonchev–Trinajstić information content (AvgIpc) is 3.18. The third-order valence-corrected chi connectivity index (χ3v) is 5.07. The predicted molar refractivity (Wildman–Crippen MR) is 101 cm³/mol. The summed E-state index contributed by atoms with van der Waals surface area (Å²) in [4.78, 5) is 45.1. The van der Waals surface area contributed by atoms with Crippen molar-refractivity contribution in [1.29, 1.82) is 0 Å². The number of rotatable bonds is 1. The van der Waals surface area contributed by atoms with Crippen molar-refractivity contribution in [2.24, 2.45) is 0 Å². The number of ether oxygens (including phenoxy) is 1. The van der Waals surface area contributed by atoms with Crippen LogP contribution in [-0.4, -0.2) is 56.5 Å². The van der Waals surface area contributed by atoms with E-state index in [1.165, 1.54) is 0 Å². The summed E-state index contributed by atoms with van der Waals surface area (Å²) in [5.74, 6) is 0.145. The second-order valence-electron chi connectivity index (χ2n) is 8.16. The molecule has 2 aliphatic rings. The van der Waals surface area contributed by atoms with Gasteiger partial charge in [0.05, 0.1) is 0 Å². The van der Waals surface area contributed by atoms with E-state index < -0.39 is 23.3 Å². The summed E-state index contributed by atoms with van der Waals surface area (Å²) in [6.45, 7) is 6.11. The molecular formula is C19H23N5O4. The van der Waals surface area contributed by atoms with Crippen LogP contribution in [0.2, 0.25) is 0 Å². The molecule has 4 heterocycles. The Morgan fingerprint density at radius 3 is 2.61 bits per heavy atom. The Morgan fingerprint density at radius 2 is 1.93 bits per heavy atom. The molecule has 0 unspecified atom stereocenters. The minimum absolute atomic E-state index is 0.303. The van der Waals surface area contributed by atoms with Gasteiger partial charge in [0.2, 0.25) is 0 Å². The van der Waals surface area contributed by atoms with Crippen LogP contribution in [0.15, 0.2) is 30.6 Å². The summed E-state index contributed by atoms with van der Waals surface area (Å²) < 4.78 is 7.10. The highest BCUT2D eigenvalue weighted by Gasteiger charge is 2.54. The molecule has 9 nitrogen and oxygen atoms in total. The number of aromatic nitrogens is 2. The molecule has 4 amide bonds.